The molecule has 17 heteroatoms. The number of carbonyl (C=O) groups is 5. The number of esters is 1. The van der Waals surface area contributed by atoms with E-state index in [1.54, 1.807) is 27.9 Å². The molecule has 4 rings (SSSR count). The highest BCUT2D eigenvalue weighted by molar-refractivity contribution is 7.99. The fourth-order valence-electron chi connectivity index (χ4n) is 9.98. The van der Waals surface area contributed by atoms with E-state index in [9.17, 15) is 44.4 Å². The highest BCUT2D eigenvalue weighted by Crippen LogP contribution is 2.39. The van der Waals surface area contributed by atoms with Crippen LogP contribution in [0.3, 0.4) is 0 Å². The molecule has 1 saturated carbocycles. The van der Waals surface area contributed by atoms with Gasteiger partial charge in [-0.15, -0.1) is 0 Å². The molecule has 15 atom stereocenters. The Kier molecular flexibility index (Phi) is 20.9. The van der Waals surface area contributed by atoms with Crippen LogP contribution in [0.15, 0.2) is 23.3 Å². The normalized spacial score (nSPS) is 38.3. The first-order chi connectivity index (χ1) is 30.2. The lowest BCUT2D eigenvalue weighted by molar-refractivity contribution is -0.302. The van der Waals surface area contributed by atoms with E-state index in [1.807, 2.05) is 26.0 Å². The average Bonchev–Trinajstić information content (AvgIpc) is 3.26. The molecule has 64 heavy (non-hydrogen) atoms. The summed E-state index contributed by atoms with van der Waals surface area (Å²) in [5.41, 5.74) is 7.25. The number of rotatable bonds is 12. The molecule has 2 bridgehead atoms. The van der Waals surface area contributed by atoms with Gasteiger partial charge in [-0.25, -0.2) is 4.79 Å². The van der Waals surface area contributed by atoms with Gasteiger partial charge in [0.25, 0.3) is 11.7 Å². The van der Waals surface area contributed by atoms with Gasteiger partial charge in [-0.1, -0.05) is 38.5 Å². The lowest BCUT2D eigenvalue weighted by Crippen LogP contribution is -2.64. The first kappa shape index (κ1) is 53.9. The summed E-state index contributed by atoms with van der Waals surface area (Å²) in [6.07, 6.45) is 3.25. The molecule has 1 aliphatic carbocycles. The lowest BCUT2D eigenvalue weighted by atomic mass is 9.81. The standard InChI is InChI=1S/C47H76N2O14S/c1-26-18-27(2)20-39(60-7)42-40(61-8)22-29(4)47(58,63-42)43(53)44(54)49-16-10-9-13-34(49)46(57)62-41(28(3)21-31-14-15-35(50)38(23-31)59-6)30(5)36(51)24-37(52)32(19-26)12-11-17-64-25-33(48)45(55)56/h19,21,27,29-36,38-42,50-51,58H,9-18,20,22-25,48H2,1-8H3,(H,55,56)/b26-19+,28-21+/t27-,29+,30+,31-,32+,33-,34-,35+,36-,38+,39-,40-,41+,42+,47+/m0/s1. The van der Waals surface area contributed by atoms with Gasteiger partial charge in [-0.3, -0.25) is 19.2 Å². The van der Waals surface area contributed by atoms with E-state index in [-0.39, 0.29) is 55.3 Å². The smallest absolute Gasteiger partial charge is 0.329 e. The van der Waals surface area contributed by atoms with Crippen molar-refractivity contribution in [2.75, 3.05) is 39.4 Å². The Hall–Kier alpha value is -2.74. The van der Waals surface area contributed by atoms with Gasteiger partial charge in [0.1, 0.15) is 30.1 Å². The van der Waals surface area contributed by atoms with Crippen molar-refractivity contribution in [1.29, 1.82) is 0 Å². The molecular weight excluding hydrogens is 849 g/mol. The van der Waals surface area contributed by atoms with Gasteiger partial charge in [0.05, 0.1) is 30.5 Å². The van der Waals surface area contributed by atoms with E-state index < -0.39 is 95.9 Å². The van der Waals surface area contributed by atoms with Crippen LogP contribution in [0.25, 0.3) is 0 Å². The van der Waals surface area contributed by atoms with E-state index in [4.69, 9.17) is 29.4 Å². The Bertz CT molecular complexity index is 1660. The Labute approximate surface area is 383 Å². The van der Waals surface area contributed by atoms with Gasteiger partial charge in [0.2, 0.25) is 5.79 Å². The van der Waals surface area contributed by atoms with Gasteiger partial charge in [0, 0.05) is 57.8 Å². The number of allylic oxidation sites excluding steroid dienone is 3. The van der Waals surface area contributed by atoms with Crippen LogP contribution < -0.4 is 5.73 Å². The number of hydrogen-bond donors (Lipinski definition) is 5. The molecule has 3 heterocycles. The van der Waals surface area contributed by atoms with E-state index in [2.05, 4.69) is 0 Å². The number of nitrogens with two attached hydrogens (primary N) is 1. The molecule has 0 aromatic carbocycles. The summed E-state index contributed by atoms with van der Waals surface area (Å²) in [5, 5.41) is 43.7. The number of thioether (sulfide) groups is 1. The molecule has 16 nitrogen and oxygen atoms in total. The number of ether oxygens (including phenoxy) is 5. The van der Waals surface area contributed by atoms with Crippen molar-refractivity contribution in [3.63, 3.8) is 0 Å². The average molecular weight is 925 g/mol. The third kappa shape index (κ3) is 13.9. The number of carboxylic acid groups (broad SMARTS) is 1. The second-order valence-electron chi connectivity index (χ2n) is 18.9. The Morgan fingerprint density at radius 2 is 1.64 bits per heavy atom. The van der Waals surface area contributed by atoms with Crippen LogP contribution in [0.4, 0.5) is 0 Å². The molecule has 4 aliphatic rings. The highest BCUT2D eigenvalue weighted by Gasteiger charge is 2.56. The number of aliphatic hydroxyl groups is 3. The Balaban J connectivity index is 1.76. The third-order valence-electron chi connectivity index (χ3n) is 13.9. The van der Waals surface area contributed by atoms with Crippen molar-refractivity contribution in [2.45, 2.75) is 172 Å². The molecule has 6 N–H and O–H groups in total. The zero-order chi connectivity index (χ0) is 47.5. The minimum atomic E-state index is -2.55. The Morgan fingerprint density at radius 3 is 2.30 bits per heavy atom. The SMILES string of the molecule is CO[C@H]1C[C@@H](C)C/C(C)=C/[C@@H](CCCSC[C@H](N)C(=O)O)C(=O)C[C@H](O)[C@@H](C)[C@@H](/C(C)=C/[C@@H]2CC[C@@H](O)[C@H](OC)C2)OC(=O)[C@@H]2CCCCN2C(=O)C(=O)[C@]2(O)O[C@H]1[C@@H](OC)C[C@H]2C. The van der Waals surface area contributed by atoms with E-state index in [1.165, 1.54) is 26.0 Å². The molecule has 0 spiro atoms. The fourth-order valence-corrected chi connectivity index (χ4v) is 10.9. The number of amides is 1. The van der Waals surface area contributed by atoms with Crippen molar-refractivity contribution in [1.82, 2.24) is 4.90 Å². The summed E-state index contributed by atoms with van der Waals surface area (Å²) < 4.78 is 29.9. The highest BCUT2D eigenvalue weighted by atomic mass is 32.2. The Morgan fingerprint density at radius 1 is 0.969 bits per heavy atom. The first-order valence-electron chi connectivity index (χ1n) is 23.1. The zero-order valence-electron chi connectivity index (χ0n) is 39.1. The van der Waals surface area contributed by atoms with Crippen molar-refractivity contribution < 1.29 is 68.1 Å². The van der Waals surface area contributed by atoms with Crippen LogP contribution in [0.5, 0.6) is 0 Å². The topological polar surface area (TPSA) is 242 Å². The number of fused-ring (bicyclic) bond motifs is 3. The third-order valence-corrected chi connectivity index (χ3v) is 15.0. The number of carboxylic acids is 1. The quantitative estimate of drug-likeness (QED) is 0.0805. The number of piperidine rings is 1. The summed E-state index contributed by atoms with van der Waals surface area (Å²) in [5.74, 6) is -8.41. The van der Waals surface area contributed by atoms with Crippen molar-refractivity contribution in [3.05, 3.63) is 23.3 Å². The van der Waals surface area contributed by atoms with Crippen LogP contribution in [0.2, 0.25) is 0 Å². The van der Waals surface area contributed by atoms with Gasteiger partial charge in [-0.05, 0) is 108 Å². The minimum absolute atomic E-state index is 0.0463. The number of cyclic esters (lactones) is 1. The fraction of sp³-hybridized carbons (Fsp3) is 0.809. The van der Waals surface area contributed by atoms with Crippen LogP contribution in [0, 0.1) is 29.6 Å². The minimum Gasteiger partial charge on any atom is -0.480 e. The second kappa shape index (κ2) is 24.9. The first-order valence-corrected chi connectivity index (χ1v) is 24.3. The summed E-state index contributed by atoms with van der Waals surface area (Å²) in [7, 11) is 4.57. The molecule has 1 amide bonds. The predicted molar refractivity (Wildman–Crippen MR) is 240 cm³/mol. The molecule has 3 fully saturated rings. The van der Waals surface area contributed by atoms with Crippen molar-refractivity contribution >= 4 is 41.2 Å². The lowest BCUT2D eigenvalue weighted by Gasteiger charge is -2.47. The number of methoxy groups -OCH3 is 3. The summed E-state index contributed by atoms with van der Waals surface area (Å²) >= 11 is 1.40. The largest absolute Gasteiger partial charge is 0.480 e. The monoisotopic (exact) mass is 925 g/mol. The second-order valence-corrected chi connectivity index (χ2v) is 20.1. The van der Waals surface area contributed by atoms with Crippen LogP contribution in [0.1, 0.15) is 112 Å². The van der Waals surface area contributed by atoms with E-state index in [0.29, 0.717) is 69.1 Å². The molecule has 0 unspecified atom stereocenters. The number of carbonyl (C=O) groups excluding carboxylic acids is 4. The summed E-state index contributed by atoms with van der Waals surface area (Å²) in [6.45, 7) is 9.14. The van der Waals surface area contributed by atoms with Crippen molar-refractivity contribution in [2.24, 2.45) is 35.3 Å². The molecule has 0 radical (unpaired) electrons. The van der Waals surface area contributed by atoms with Gasteiger partial charge in [0.15, 0.2) is 0 Å². The maximum Gasteiger partial charge on any atom is 0.329 e. The maximum absolute atomic E-state index is 14.4. The number of Topliss-reactive ketones (excluding diaryl/α,β-unsaturated/α-hetero) is 2. The molecule has 3 aliphatic heterocycles. The zero-order valence-corrected chi connectivity index (χ0v) is 40.0. The summed E-state index contributed by atoms with van der Waals surface area (Å²) in [4.78, 5) is 69.8. The van der Waals surface area contributed by atoms with Gasteiger partial charge in [-0.2, -0.15) is 11.8 Å². The van der Waals surface area contributed by atoms with Gasteiger partial charge >= 0.3 is 11.9 Å². The number of ketones is 2. The molecular formula is C47H76N2O14S. The summed E-state index contributed by atoms with van der Waals surface area (Å²) in [6, 6.07) is -2.18. The van der Waals surface area contributed by atoms with Crippen LogP contribution in [-0.4, -0.2) is 155 Å². The molecule has 0 aromatic heterocycles. The molecule has 0 aromatic rings. The van der Waals surface area contributed by atoms with Crippen molar-refractivity contribution in [3.8, 4) is 0 Å². The number of aliphatic carboxylic acids is 1. The van der Waals surface area contributed by atoms with E-state index >= 15 is 0 Å². The van der Waals surface area contributed by atoms with Gasteiger partial charge < -0.3 is 54.7 Å². The number of hydrogen-bond acceptors (Lipinski definition) is 15. The van der Waals surface area contributed by atoms with Crippen LogP contribution in [-0.2, 0) is 47.7 Å². The van der Waals surface area contributed by atoms with E-state index in [0.717, 1.165) is 10.5 Å². The number of nitrogens with zero attached hydrogens (tertiary/aromatic N) is 1. The van der Waals surface area contributed by atoms with Crippen LogP contribution >= 0.6 is 11.8 Å². The predicted octanol–water partition coefficient (Wildman–Crippen LogP) is 3.99. The maximum atomic E-state index is 14.4. The number of aliphatic hydroxyl groups excluding tert-OH is 2. The molecule has 2 saturated heterocycles. The molecule has 364 valence electrons.